The van der Waals surface area contributed by atoms with Crippen LogP contribution in [0.5, 0.6) is 11.5 Å². The van der Waals surface area contributed by atoms with E-state index in [2.05, 4.69) is 0 Å². The summed E-state index contributed by atoms with van der Waals surface area (Å²) < 4.78 is 10.6. The molecule has 1 aromatic rings. The van der Waals surface area contributed by atoms with Crippen molar-refractivity contribution < 1.29 is 14.6 Å². The van der Waals surface area contributed by atoms with Crippen LogP contribution in [0.25, 0.3) is 0 Å². The van der Waals surface area contributed by atoms with Crippen LogP contribution in [0.3, 0.4) is 0 Å². The van der Waals surface area contributed by atoms with E-state index in [0.717, 1.165) is 29.9 Å². The van der Waals surface area contributed by atoms with Crippen LogP contribution in [-0.2, 0) is 5.60 Å². The summed E-state index contributed by atoms with van der Waals surface area (Å²) in [5, 5.41) is 10.6. The van der Waals surface area contributed by atoms with Crippen LogP contribution < -0.4 is 9.47 Å². The highest BCUT2D eigenvalue weighted by molar-refractivity contribution is 5.48. The van der Waals surface area contributed by atoms with Gasteiger partial charge in [0.2, 0.25) is 6.79 Å². The Morgan fingerprint density at radius 2 is 1.88 bits per heavy atom. The Kier molecular flexibility index (Phi) is 1.51. The highest BCUT2D eigenvalue weighted by atomic mass is 16.7. The van der Waals surface area contributed by atoms with Gasteiger partial charge in [-0.05, 0) is 42.4 Å². The van der Waals surface area contributed by atoms with Crippen LogP contribution in [0.1, 0.15) is 24.8 Å². The van der Waals surface area contributed by atoms with Crippen LogP contribution in [0.4, 0.5) is 0 Å². The maximum atomic E-state index is 10.6. The van der Waals surface area contributed by atoms with Crippen molar-refractivity contribution in [1.82, 2.24) is 0 Å². The van der Waals surface area contributed by atoms with Gasteiger partial charge in [0.1, 0.15) is 0 Å². The molecule has 2 aliphatic carbocycles. The molecule has 2 atom stereocenters. The number of benzene rings is 1. The summed E-state index contributed by atoms with van der Waals surface area (Å²) >= 11 is 0. The topological polar surface area (TPSA) is 38.7 Å². The second-order valence-electron chi connectivity index (χ2n) is 5.04. The van der Waals surface area contributed by atoms with Gasteiger partial charge in [-0.2, -0.15) is 0 Å². The van der Waals surface area contributed by atoms with Crippen molar-refractivity contribution in [3.63, 3.8) is 0 Å². The fourth-order valence-corrected chi connectivity index (χ4v) is 3.50. The number of hydrogen-bond donors (Lipinski definition) is 1. The van der Waals surface area contributed by atoms with Crippen LogP contribution in [0.15, 0.2) is 18.2 Å². The molecule has 3 nitrogen and oxygen atoms in total. The lowest BCUT2D eigenvalue weighted by molar-refractivity contribution is 0.105. The molecular formula is C13H14O3. The summed E-state index contributed by atoms with van der Waals surface area (Å²) in [5.74, 6) is 2.52. The highest BCUT2D eigenvalue weighted by Gasteiger charge is 2.66. The minimum Gasteiger partial charge on any atom is -0.454 e. The first kappa shape index (κ1) is 8.88. The lowest BCUT2D eigenvalue weighted by Crippen LogP contribution is -2.12. The van der Waals surface area contributed by atoms with Gasteiger partial charge in [-0.1, -0.05) is 12.5 Å². The largest absolute Gasteiger partial charge is 0.454 e. The molecule has 16 heavy (non-hydrogen) atoms. The van der Waals surface area contributed by atoms with Gasteiger partial charge in [-0.3, -0.25) is 0 Å². The third kappa shape index (κ3) is 0.925. The zero-order chi connectivity index (χ0) is 10.8. The number of fused-ring (bicyclic) bond motifs is 2. The van der Waals surface area contributed by atoms with Crippen molar-refractivity contribution in [3.05, 3.63) is 23.8 Å². The molecule has 84 valence electrons. The zero-order valence-corrected chi connectivity index (χ0v) is 8.98. The highest BCUT2D eigenvalue weighted by Crippen LogP contribution is 2.66. The summed E-state index contributed by atoms with van der Waals surface area (Å²) in [6.07, 6.45) is 3.59. The lowest BCUT2D eigenvalue weighted by atomic mass is 9.99. The van der Waals surface area contributed by atoms with Crippen molar-refractivity contribution >= 4 is 0 Å². The Bertz CT molecular complexity index is 444. The average Bonchev–Trinajstić information content (AvgIpc) is 2.80. The van der Waals surface area contributed by atoms with Crippen LogP contribution >= 0.6 is 0 Å². The molecule has 1 N–H and O–H groups in total. The van der Waals surface area contributed by atoms with Gasteiger partial charge >= 0.3 is 0 Å². The fourth-order valence-electron chi connectivity index (χ4n) is 3.50. The van der Waals surface area contributed by atoms with Crippen molar-refractivity contribution in [2.24, 2.45) is 11.8 Å². The second kappa shape index (κ2) is 2.72. The van der Waals surface area contributed by atoms with E-state index in [0.29, 0.717) is 18.6 Å². The smallest absolute Gasteiger partial charge is 0.231 e. The number of rotatable bonds is 1. The quantitative estimate of drug-likeness (QED) is 0.783. The van der Waals surface area contributed by atoms with Crippen LogP contribution in [0, 0.1) is 11.8 Å². The number of aliphatic hydroxyl groups is 1. The maximum Gasteiger partial charge on any atom is 0.231 e. The van der Waals surface area contributed by atoms with Gasteiger partial charge in [-0.25, -0.2) is 0 Å². The summed E-state index contributed by atoms with van der Waals surface area (Å²) in [5.41, 5.74) is 0.436. The third-order valence-electron chi connectivity index (χ3n) is 4.37. The van der Waals surface area contributed by atoms with E-state index in [1.54, 1.807) is 0 Å². The molecule has 0 amide bonds. The van der Waals surface area contributed by atoms with E-state index < -0.39 is 5.60 Å². The van der Waals surface area contributed by atoms with Crippen molar-refractivity contribution in [2.45, 2.75) is 24.9 Å². The van der Waals surface area contributed by atoms with Crippen molar-refractivity contribution in [3.8, 4) is 11.5 Å². The first-order chi connectivity index (χ1) is 7.80. The Morgan fingerprint density at radius 1 is 1.12 bits per heavy atom. The van der Waals surface area contributed by atoms with E-state index in [9.17, 15) is 5.11 Å². The van der Waals surface area contributed by atoms with Gasteiger partial charge in [0.25, 0.3) is 0 Å². The molecule has 0 radical (unpaired) electrons. The molecule has 4 rings (SSSR count). The van der Waals surface area contributed by atoms with E-state index >= 15 is 0 Å². The summed E-state index contributed by atoms with van der Waals surface area (Å²) in [4.78, 5) is 0. The molecule has 2 saturated carbocycles. The normalized spacial score (nSPS) is 38.6. The summed E-state index contributed by atoms with van der Waals surface area (Å²) in [6, 6.07) is 5.83. The molecule has 0 aromatic heterocycles. The standard InChI is InChI=1S/C13H14O3/c14-13(9-2-1-3-10(9)13)8-4-5-11-12(6-8)16-7-15-11/h4-6,9-10,14H,1-3,7H2. The lowest BCUT2D eigenvalue weighted by Gasteiger charge is -2.15. The third-order valence-corrected chi connectivity index (χ3v) is 4.37. The Hall–Kier alpha value is -1.22. The van der Waals surface area contributed by atoms with Crippen molar-refractivity contribution in [1.29, 1.82) is 0 Å². The van der Waals surface area contributed by atoms with Crippen LogP contribution in [-0.4, -0.2) is 11.9 Å². The Morgan fingerprint density at radius 3 is 2.69 bits per heavy atom. The molecule has 0 spiro atoms. The summed E-state index contributed by atoms with van der Waals surface area (Å²) in [7, 11) is 0. The zero-order valence-electron chi connectivity index (χ0n) is 8.98. The molecular weight excluding hydrogens is 204 g/mol. The van der Waals surface area contributed by atoms with Gasteiger partial charge < -0.3 is 14.6 Å². The summed E-state index contributed by atoms with van der Waals surface area (Å²) in [6.45, 7) is 0.296. The molecule has 0 saturated heterocycles. The number of ether oxygens (including phenoxy) is 2. The molecule has 2 fully saturated rings. The Balaban J connectivity index is 1.74. The monoisotopic (exact) mass is 218 g/mol. The minimum atomic E-state index is -0.570. The van der Waals surface area contributed by atoms with Gasteiger partial charge in [0.05, 0.1) is 5.60 Å². The Labute approximate surface area is 94.0 Å². The fraction of sp³-hybridized carbons (Fsp3) is 0.538. The molecule has 1 heterocycles. The van der Waals surface area contributed by atoms with E-state index in [4.69, 9.17) is 9.47 Å². The molecule has 2 unspecified atom stereocenters. The first-order valence-corrected chi connectivity index (χ1v) is 5.92. The van der Waals surface area contributed by atoms with Gasteiger partial charge in [-0.15, -0.1) is 0 Å². The van der Waals surface area contributed by atoms with Gasteiger partial charge in [0.15, 0.2) is 11.5 Å². The molecule has 0 bridgehead atoms. The predicted octanol–water partition coefficient (Wildman–Crippen LogP) is 2.03. The predicted molar refractivity (Wildman–Crippen MR) is 57.3 cm³/mol. The van der Waals surface area contributed by atoms with Crippen LogP contribution in [0.2, 0.25) is 0 Å². The molecule has 1 aliphatic heterocycles. The van der Waals surface area contributed by atoms with Crippen molar-refractivity contribution in [2.75, 3.05) is 6.79 Å². The minimum absolute atomic E-state index is 0.296. The van der Waals surface area contributed by atoms with Gasteiger partial charge in [0, 0.05) is 0 Å². The molecule has 3 aliphatic rings. The SMILES string of the molecule is OC1(c2ccc3c(c2)OCO3)C2CCCC21. The number of hydrogen-bond acceptors (Lipinski definition) is 3. The average molecular weight is 218 g/mol. The maximum absolute atomic E-state index is 10.6. The molecule has 1 aromatic carbocycles. The van der Waals surface area contributed by atoms with E-state index in [-0.39, 0.29) is 0 Å². The molecule has 3 heteroatoms. The second-order valence-corrected chi connectivity index (χ2v) is 5.04. The van der Waals surface area contributed by atoms with E-state index in [1.807, 2.05) is 18.2 Å². The first-order valence-electron chi connectivity index (χ1n) is 5.92. The van der Waals surface area contributed by atoms with E-state index in [1.165, 1.54) is 6.42 Å².